The van der Waals surface area contributed by atoms with Crippen molar-refractivity contribution in [2.75, 3.05) is 38.3 Å². The lowest BCUT2D eigenvalue weighted by atomic mass is 9.99. The normalized spacial score (nSPS) is 17.4. The molecule has 0 atom stereocenters. The van der Waals surface area contributed by atoms with Gasteiger partial charge < -0.3 is 14.4 Å². The van der Waals surface area contributed by atoms with Crippen molar-refractivity contribution in [1.29, 1.82) is 0 Å². The largest absolute Gasteiger partial charge is 0.493 e. The van der Waals surface area contributed by atoms with Gasteiger partial charge in [-0.05, 0) is 57.0 Å². The van der Waals surface area contributed by atoms with Crippen LogP contribution in [0.5, 0.6) is 11.5 Å². The number of carbonyl (C=O) groups is 1. The van der Waals surface area contributed by atoms with Crippen LogP contribution in [0.3, 0.4) is 0 Å². The maximum absolute atomic E-state index is 13.6. The maximum Gasteiger partial charge on any atom is 0.417 e. The van der Waals surface area contributed by atoms with Crippen molar-refractivity contribution >= 4 is 11.6 Å². The highest BCUT2D eigenvalue weighted by atomic mass is 19.4. The SMILES string of the molecule is COc1ccc(N2Cc3nc(C)cc(C(F)(F)F)c3C2=O)cc1OCCN1CCC(C)CC1. The number of hydrogen-bond acceptors (Lipinski definition) is 5. The molecule has 0 bridgehead atoms. The third kappa shape index (κ3) is 4.93. The Hall–Kier alpha value is -2.81. The van der Waals surface area contributed by atoms with Crippen LogP contribution in [0.2, 0.25) is 0 Å². The van der Waals surface area contributed by atoms with Gasteiger partial charge in [-0.3, -0.25) is 14.7 Å². The van der Waals surface area contributed by atoms with Gasteiger partial charge in [0, 0.05) is 24.0 Å². The summed E-state index contributed by atoms with van der Waals surface area (Å²) in [6.45, 7) is 7.01. The number of aromatic nitrogens is 1. The Morgan fingerprint density at radius 3 is 2.55 bits per heavy atom. The lowest BCUT2D eigenvalue weighted by molar-refractivity contribution is -0.138. The van der Waals surface area contributed by atoms with Gasteiger partial charge in [0.05, 0.1) is 30.5 Å². The van der Waals surface area contributed by atoms with Crippen LogP contribution >= 0.6 is 0 Å². The second-order valence-electron chi connectivity index (χ2n) is 8.73. The zero-order valence-corrected chi connectivity index (χ0v) is 19.0. The maximum atomic E-state index is 13.6. The smallest absolute Gasteiger partial charge is 0.417 e. The van der Waals surface area contributed by atoms with Gasteiger partial charge in [-0.25, -0.2) is 0 Å². The van der Waals surface area contributed by atoms with E-state index in [0.29, 0.717) is 23.8 Å². The van der Waals surface area contributed by atoms with Crippen molar-refractivity contribution in [1.82, 2.24) is 9.88 Å². The molecule has 9 heteroatoms. The molecule has 1 aromatic carbocycles. The van der Waals surface area contributed by atoms with Crippen molar-refractivity contribution in [3.8, 4) is 11.5 Å². The number of fused-ring (bicyclic) bond motifs is 1. The highest BCUT2D eigenvalue weighted by Crippen LogP contribution is 2.40. The number of halogens is 3. The average molecular weight is 464 g/mol. The fourth-order valence-corrected chi connectivity index (χ4v) is 4.40. The van der Waals surface area contributed by atoms with Crippen molar-refractivity contribution in [3.05, 3.63) is 46.8 Å². The molecule has 0 aliphatic carbocycles. The number of alkyl halides is 3. The summed E-state index contributed by atoms with van der Waals surface area (Å²) in [5, 5.41) is 0. The van der Waals surface area contributed by atoms with Crippen molar-refractivity contribution in [2.24, 2.45) is 5.92 Å². The number of hydrogen-bond donors (Lipinski definition) is 0. The number of ether oxygens (including phenoxy) is 2. The molecule has 33 heavy (non-hydrogen) atoms. The van der Waals surface area contributed by atoms with Gasteiger partial charge in [0.2, 0.25) is 0 Å². The number of benzene rings is 1. The molecule has 3 heterocycles. The number of carbonyl (C=O) groups excluding carboxylic acids is 1. The zero-order chi connectivity index (χ0) is 23.8. The van der Waals surface area contributed by atoms with E-state index in [1.165, 1.54) is 31.8 Å². The number of nitrogens with zero attached hydrogens (tertiary/aromatic N) is 3. The van der Waals surface area contributed by atoms with E-state index in [9.17, 15) is 18.0 Å². The number of likely N-dealkylation sites (tertiary alicyclic amines) is 1. The minimum Gasteiger partial charge on any atom is -0.493 e. The molecule has 1 fully saturated rings. The van der Waals surface area contributed by atoms with Crippen LogP contribution in [0.15, 0.2) is 24.3 Å². The first-order valence-corrected chi connectivity index (χ1v) is 11.1. The van der Waals surface area contributed by atoms with E-state index >= 15 is 0 Å². The molecule has 2 aromatic rings. The summed E-state index contributed by atoms with van der Waals surface area (Å²) < 4.78 is 52.0. The fraction of sp³-hybridized carbons (Fsp3) is 0.500. The highest BCUT2D eigenvalue weighted by molar-refractivity contribution is 6.10. The first kappa shape index (κ1) is 23.4. The van der Waals surface area contributed by atoms with Gasteiger partial charge in [-0.2, -0.15) is 13.2 Å². The molecular weight excluding hydrogens is 435 g/mol. The molecule has 1 saturated heterocycles. The van der Waals surface area contributed by atoms with Crippen LogP contribution in [-0.2, 0) is 12.7 Å². The molecule has 0 saturated carbocycles. The first-order chi connectivity index (χ1) is 15.7. The zero-order valence-electron chi connectivity index (χ0n) is 19.0. The van der Waals surface area contributed by atoms with Crippen molar-refractivity contribution < 1.29 is 27.4 Å². The van der Waals surface area contributed by atoms with Crippen LogP contribution in [-0.4, -0.2) is 49.1 Å². The average Bonchev–Trinajstić information content (AvgIpc) is 3.09. The van der Waals surface area contributed by atoms with Gasteiger partial charge in [0.15, 0.2) is 11.5 Å². The highest BCUT2D eigenvalue weighted by Gasteiger charge is 2.42. The quantitative estimate of drug-likeness (QED) is 0.622. The summed E-state index contributed by atoms with van der Waals surface area (Å²) in [4.78, 5) is 20.8. The number of methoxy groups -OCH3 is 1. The minimum absolute atomic E-state index is 0.0311. The van der Waals surface area contributed by atoms with Gasteiger partial charge in [0.1, 0.15) is 6.61 Å². The summed E-state index contributed by atoms with van der Waals surface area (Å²) >= 11 is 0. The summed E-state index contributed by atoms with van der Waals surface area (Å²) in [5.74, 6) is 0.977. The van der Waals surface area contributed by atoms with Crippen molar-refractivity contribution in [2.45, 2.75) is 39.4 Å². The minimum atomic E-state index is -4.64. The van der Waals surface area contributed by atoms with Crippen LogP contribution in [0, 0.1) is 12.8 Å². The second kappa shape index (κ2) is 9.21. The van der Waals surface area contributed by atoms with Crippen LogP contribution < -0.4 is 14.4 Å². The van der Waals surface area contributed by atoms with Gasteiger partial charge in [-0.1, -0.05) is 6.92 Å². The molecule has 1 aromatic heterocycles. The Balaban J connectivity index is 1.53. The van der Waals surface area contributed by atoms with Crippen LogP contribution in [0.25, 0.3) is 0 Å². The standard InChI is InChI=1S/C24H28F3N3O3/c1-15-6-8-29(9-7-15)10-11-33-21-13-17(4-5-20(21)32-3)30-14-19-22(23(30)31)18(24(25,26)27)12-16(2)28-19/h4-5,12-13,15H,6-11,14H2,1-3H3. The number of pyridine rings is 1. The third-order valence-electron chi connectivity index (χ3n) is 6.29. The Kier molecular flexibility index (Phi) is 6.52. The van der Waals surface area contributed by atoms with Gasteiger partial charge in [0.25, 0.3) is 5.91 Å². The number of piperidine rings is 1. The van der Waals surface area contributed by atoms with E-state index in [1.807, 2.05) is 0 Å². The van der Waals surface area contributed by atoms with E-state index in [0.717, 1.165) is 31.6 Å². The van der Waals surface area contributed by atoms with Gasteiger partial charge >= 0.3 is 6.18 Å². The molecule has 0 N–H and O–H groups in total. The lowest BCUT2D eigenvalue weighted by Gasteiger charge is -2.30. The van der Waals surface area contributed by atoms with E-state index in [1.54, 1.807) is 18.2 Å². The predicted octanol–water partition coefficient (Wildman–Crippen LogP) is 4.69. The topological polar surface area (TPSA) is 54.9 Å². The van der Waals surface area contributed by atoms with E-state index in [-0.39, 0.29) is 23.5 Å². The first-order valence-electron chi connectivity index (χ1n) is 11.1. The molecule has 0 unspecified atom stereocenters. The molecule has 0 radical (unpaired) electrons. The molecule has 1 amide bonds. The number of rotatable bonds is 6. The Morgan fingerprint density at radius 2 is 1.88 bits per heavy atom. The molecule has 4 rings (SSSR count). The predicted molar refractivity (Wildman–Crippen MR) is 118 cm³/mol. The Bertz CT molecular complexity index is 1030. The van der Waals surface area contributed by atoms with Crippen molar-refractivity contribution in [3.63, 3.8) is 0 Å². The van der Waals surface area contributed by atoms with Gasteiger partial charge in [-0.15, -0.1) is 0 Å². The van der Waals surface area contributed by atoms with Crippen LogP contribution in [0.1, 0.15) is 47.1 Å². The second-order valence-corrected chi connectivity index (χ2v) is 8.73. The third-order valence-corrected chi connectivity index (χ3v) is 6.29. The monoisotopic (exact) mass is 463 g/mol. The molecule has 0 spiro atoms. The number of aryl methyl sites for hydroxylation is 1. The number of amides is 1. The molecule has 2 aliphatic rings. The molecule has 178 valence electrons. The molecule has 6 nitrogen and oxygen atoms in total. The van der Waals surface area contributed by atoms with E-state index in [2.05, 4.69) is 16.8 Å². The Labute approximate surface area is 191 Å². The summed E-state index contributed by atoms with van der Waals surface area (Å²) in [6.07, 6.45) is -2.29. The number of anilines is 1. The van der Waals surface area contributed by atoms with Crippen LogP contribution in [0.4, 0.5) is 18.9 Å². The summed E-state index contributed by atoms with van der Waals surface area (Å²) in [5.41, 5.74) is -0.540. The summed E-state index contributed by atoms with van der Waals surface area (Å²) in [6, 6.07) is 5.86. The lowest BCUT2D eigenvalue weighted by Crippen LogP contribution is -2.35. The van der Waals surface area contributed by atoms with E-state index < -0.39 is 17.6 Å². The van der Waals surface area contributed by atoms with E-state index in [4.69, 9.17) is 9.47 Å². The fourth-order valence-electron chi connectivity index (χ4n) is 4.40. The Morgan fingerprint density at radius 1 is 1.15 bits per heavy atom. The molecular formula is C24H28F3N3O3. The summed E-state index contributed by atoms with van der Waals surface area (Å²) in [7, 11) is 1.52. The molecule has 2 aliphatic heterocycles.